The molecule has 1 N–H and O–H groups in total. The van der Waals surface area contributed by atoms with Crippen molar-refractivity contribution in [2.24, 2.45) is 5.92 Å². The molecule has 144 valence electrons. The third-order valence-corrected chi connectivity index (χ3v) is 6.91. The molecule has 2 aromatic rings. The normalized spacial score (nSPS) is 18.2. The lowest BCUT2D eigenvalue weighted by Gasteiger charge is -2.31. The molecule has 0 aliphatic carbocycles. The molecule has 1 aromatic carbocycles. The minimum absolute atomic E-state index is 0.111. The van der Waals surface area contributed by atoms with Gasteiger partial charge >= 0.3 is 0 Å². The molecule has 6 nitrogen and oxygen atoms in total. The molecule has 27 heavy (non-hydrogen) atoms. The first kappa shape index (κ1) is 19.5. The number of nitrogens with one attached hydrogen (secondary N) is 1. The molecule has 1 atom stereocenters. The largest absolute Gasteiger partial charge is 0.352 e. The fourth-order valence-corrected chi connectivity index (χ4v) is 5.17. The second kappa shape index (κ2) is 8.19. The van der Waals surface area contributed by atoms with Crippen LogP contribution in [0.3, 0.4) is 0 Å². The van der Waals surface area contributed by atoms with Crippen LogP contribution in [0.2, 0.25) is 0 Å². The van der Waals surface area contributed by atoms with Gasteiger partial charge in [0.25, 0.3) is 0 Å². The van der Waals surface area contributed by atoms with Crippen molar-refractivity contribution < 1.29 is 13.2 Å². The van der Waals surface area contributed by atoms with Crippen LogP contribution in [0, 0.1) is 19.8 Å². The van der Waals surface area contributed by atoms with Crippen molar-refractivity contribution in [3.8, 4) is 0 Å². The average Bonchev–Trinajstić information content (AvgIpc) is 2.68. The molecule has 1 amide bonds. The van der Waals surface area contributed by atoms with E-state index in [1.54, 1.807) is 25.4 Å². The monoisotopic (exact) mass is 387 g/mol. The van der Waals surface area contributed by atoms with E-state index in [2.05, 4.69) is 10.3 Å². The van der Waals surface area contributed by atoms with Crippen LogP contribution in [-0.4, -0.2) is 36.7 Å². The van der Waals surface area contributed by atoms with Crippen LogP contribution in [0.4, 0.5) is 0 Å². The number of carbonyl (C=O) groups is 1. The van der Waals surface area contributed by atoms with Crippen molar-refractivity contribution in [2.45, 2.75) is 38.1 Å². The lowest BCUT2D eigenvalue weighted by atomic mass is 9.99. The third kappa shape index (κ3) is 4.54. The zero-order chi connectivity index (χ0) is 19.4. The summed E-state index contributed by atoms with van der Waals surface area (Å²) in [7, 11) is -3.61. The van der Waals surface area contributed by atoms with Gasteiger partial charge in [-0.05, 0) is 55.5 Å². The van der Waals surface area contributed by atoms with E-state index in [0.29, 0.717) is 30.8 Å². The summed E-state index contributed by atoms with van der Waals surface area (Å²) in [4.78, 5) is 16.9. The Morgan fingerprint density at radius 1 is 1.30 bits per heavy atom. The SMILES string of the molecule is Cc1ccc(C)c(S(=O)(=O)N2CCCC(C(=O)NCc3cccnc3)C2)c1. The second-order valence-corrected chi connectivity index (χ2v) is 8.96. The number of carbonyl (C=O) groups excluding carboxylic acids is 1. The fraction of sp³-hybridized carbons (Fsp3) is 0.400. The molecule has 0 saturated carbocycles. The first-order valence-electron chi connectivity index (χ1n) is 9.12. The summed E-state index contributed by atoms with van der Waals surface area (Å²) in [5.74, 6) is -0.449. The highest BCUT2D eigenvalue weighted by Crippen LogP contribution is 2.26. The number of amides is 1. The number of hydrogen-bond donors (Lipinski definition) is 1. The van der Waals surface area contributed by atoms with Gasteiger partial charge in [0.2, 0.25) is 15.9 Å². The number of hydrogen-bond acceptors (Lipinski definition) is 4. The number of aromatic nitrogens is 1. The molecule has 3 rings (SSSR count). The minimum Gasteiger partial charge on any atom is -0.352 e. The molecule has 0 bridgehead atoms. The maximum Gasteiger partial charge on any atom is 0.243 e. The number of sulfonamides is 1. The number of pyridine rings is 1. The Labute approximate surface area is 160 Å². The maximum atomic E-state index is 13.1. The summed E-state index contributed by atoms with van der Waals surface area (Å²) in [5, 5.41) is 2.90. The van der Waals surface area contributed by atoms with Crippen LogP contribution in [0.5, 0.6) is 0 Å². The van der Waals surface area contributed by atoms with Gasteiger partial charge < -0.3 is 5.32 Å². The molecule has 1 fully saturated rings. The first-order chi connectivity index (χ1) is 12.9. The van der Waals surface area contributed by atoms with E-state index in [9.17, 15) is 13.2 Å². The number of benzene rings is 1. The predicted octanol–water partition coefficient (Wildman–Crippen LogP) is 2.42. The van der Waals surface area contributed by atoms with Crippen molar-refractivity contribution in [3.05, 3.63) is 59.4 Å². The number of rotatable bonds is 5. The van der Waals surface area contributed by atoms with E-state index in [4.69, 9.17) is 0 Å². The summed E-state index contributed by atoms with van der Waals surface area (Å²) in [6, 6.07) is 9.15. The van der Waals surface area contributed by atoms with Gasteiger partial charge in [0.15, 0.2) is 0 Å². The van der Waals surface area contributed by atoms with E-state index in [1.165, 1.54) is 4.31 Å². The molecule has 1 saturated heterocycles. The summed E-state index contributed by atoms with van der Waals surface area (Å²) >= 11 is 0. The lowest BCUT2D eigenvalue weighted by Crippen LogP contribution is -2.45. The van der Waals surface area contributed by atoms with Gasteiger partial charge in [-0.25, -0.2) is 8.42 Å². The Balaban J connectivity index is 1.69. The van der Waals surface area contributed by atoms with Crippen molar-refractivity contribution in [1.29, 1.82) is 0 Å². The molecule has 1 aliphatic rings. The van der Waals surface area contributed by atoms with Gasteiger partial charge in [0, 0.05) is 32.0 Å². The van der Waals surface area contributed by atoms with Crippen molar-refractivity contribution >= 4 is 15.9 Å². The molecule has 0 spiro atoms. The van der Waals surface area contributed by atoms with Gasteiger partial charge in [-0.1, -0.05) is 18.2 Å². The molecular formula is C20H25N3O3S. The zero-order valence-corrected chi connectivity index (χ0v) is 16.5. The molecule has 2 heterocycles. The Kier molecular flexibility index (Phi) is 5.92. The molecule has 1 aliphatic heterocycles. The van der Waals surface area contributed by atoms with Crippen LogP contribution < -0.4 is 5.32 Å². The van der Waals surface area contributed by atoms with Gasteiger partial charge in [-0.3, -0.25) is 9.78 Å². The van der Waals surface area contributed by atoms with E-state index < -0.39 is 10.0 Å². The first-order valence-corrected chi connectivity index (χ1v) is 10.6. The van der Waals surface area contributed by atoms with Crippen molar-refractivity contribution in [2.75, 3.05) is 13.1 Å². The predicted molar refractivity (Wildman–Crippen MR) is 103 cm³/mol. The summed E-state index contributed by atoms with van der Waals surface area (Å²) in [5.41, 5.74) is 2.55. The third-order valence-electron chi connectivity index (χ3n) is 4.91. The maximum absolute atomic E-state index is 13.1. The van der Waals surface area contributed by atoms with Gasteiger partial charge in [-0.2, -0.15) is 4.31 Å². The number of aryl methyl sites for hydroxylation is 2. The molecule has 1 unspecified atom stereocenters. The second-order valence-electron chi connectivity index (χ2n) is 7.05. The highest BCUT2D eigenvalue weighted by molar-refractivity contribution is 7.89. The summed E-state index contributed by atoms with van der Waals surface area (Å²) in [6.07, 6.45) is 4.76. The molecule has 7 heteroatoms. The van der Waals surface area contributed by atoms with Gasteiger partial charge in [-0.15, -0.1) is 0 Å². The average molecular weight is 388 g/mol. The molecular weight excluding hydrogens is 362 g/mol. The Hall–Kier alpha value is -2.25. The Bertz CT molecular complexity index is 913. The fourth-order valence-electron chi connectivity index (χ4n) is 3.34. The van der Waals surface area contributed by atoms with E-state index in [-0.39, 0.29) is 18.4 Å². The number of nitrogens with zero attached hydrogens (tertiary/aromatic N) is 2. The topological polar surface area (TPSA) is 79.4 Å². The Morgan fingerprint density at radius 3 is 2.85 bits per heavy atom. The standard InChI is InChI=1S/C20H25N3O3S/c1-15-7-8-16(2)19(11-15)27(25,26)23-10-4-6-18(14-23)20(24)22-13-17-5-3-9-21-12-17/h3,5,7-9,11-12,18H,4,6,10,13-14H2,1-2H3,(H,22,24). The van der Waals surface area contributed by atoms with Crippen molar-refractivity contribution in [3.63, 3.8) is 0 Å². The zero-order valence-electron chi connectivity index (χ0n) is 15.7. The van der Waals surface area contributed by atoms with Crippen LogP contribution in [0.15, 0.2) is 47.6 Å². The van der Waals surface area contributed by atoms with Crippen LogP contribution in [-0.2, 0) is 21.4 Å². The van der Waals surface area contributed by atoms with Gasteiger partial charge in [0.05, 0.1) is 10.8 Å². The smallest absolute Gasteiger partial charge is 0.243 e. The highest BCUT2D eigenvalue weighted by Gasteiger charge is 2.33. The van der Waals surface area contributed by atoms with Crippen LogP contribution in [0.1, 0.15) is 29.5 Å². The minimum atomic E-state index is -3.61. The number of piperidine rings is 1. The summed E-state index contributed by atoms with van der Waals surface area (Å²) < 4.78 is 27.6. The quantitative estimate of drug-likeness (QED) is 0.854. The summed E-state index contributed by atoms with van der Waals surface area (Å²) in [6.45, 7) is 4.74. The Morgan fingerprint density at radius 2 is 2.11 bits per heavy atom. The van der Waals surface area contributed by atoms with Gasteiger partial charge in [0.1, 0.15) is 0 Å². The van der Waals surface area contributed by atoms with E-state index in [1.807, 2.05) is 31.2 Å². The van der Waals surface area contributed by atoms with E-state index in [0.717, 1.165) is 16.7 Å². The lowest BCUT2D eigenvalue weighted by molar-refractivity contribution is -0.126. The highest BCUT2D eigenvalue weighted by atomic mass is 32.2. The molecule has 1 aromatic heterocycles. The van der Waals surface area contributed by atoms with Crippen molar-refractivity contribution in [1.82, 2.24) is 14.6 Å². The van der Waals surface area contributed by atoms with E-state index >= 15 is 0 Å². The molecule has 0 radical (unpaired) electrons. The van der Waals surface area contributed by atoms with Crippen LogP contribution >= 0.6 is 0 Å². The van der Waals surface area contributed by atoms with Crippen LogP contribution in [0.25, 0.3) is 0 Å².